The molecule has 0 amide bonds. The Morgan fingerprint density at radius 1 is 1.38 bits per heavy atom. The second-order valence-corrected chi connectivity index (χ2v) is 2.77. The minimum absolute atomic E-state index is 0.278. The van der Waals surface area contributed by atoms with E-state index in [9.17, 15) is 22.8 Å². The Hall–Kier alpha value is -1.67. The Bertz CT molecular complexity index is 266. The van der Waals surface area contributed by atoms with Gasteiger partial charge in [0, 0.05) is 0 Å². The van der Waals surface area contributed by atoms with Gasteiger partial charge in [-0.2, -0.15) is 13.2 Å². The van der Waals surface area contributed by atoms with Gasteiger partial charge in [0.25, 0.3) is 0 Å². The van der Waals surface area contributed by atoms with Crippen LogP contribution in [-0.2, 0) is 18.9 Å². The van der Waals surface area contributed by atoms with Crippen molar-refractivity contribution in [2.45, 2.75) is 12.3 Å². The van der Waals surface area contributed by atoms with Gasteiger partial charge in [0.05, 0.1) is 0 Å². The molecule has 92 valence electrons. The molecular weight excluding hydrogens is 237 g/mol. The van der Waals surface area contributed by atoms with Crippen LogP contribution in [0.15, 0.2) is 0 Å². The van der Waals surface area contributed by atoms with Gasteiger partial charge in [-0.3, -0.25) is 0 Å². The molecule has 0 aromatic heterocycles. The minimum atomic E-state index is -4.62. The van der Waals surface area contributed by atoms with E-state index in [1.807, 2.05) is 0 Å². The van der Waals surface area contributed by atoms with Crippen molar-refractivity contribution in [1.29, 1.82) is 0 Å². The molecule has 0 bridgehead atoms. The highest BCUT2D eigenvalue weighted by molar-refractivity contribution is 5.62. The van der Waals surface area contributed by atoms with Gasteiger partial charge in [0.15, 0.2) is 12.7 Å². The number of rotatable bonds is 2. The lowest BCUT2D eigenvalue weighted by Gasteiger charge is -2.21. The first-order valence-corrected chi connectivity index (χ1v) is 4.06. The Kier molecular flexibility index (Phi) is 3.80. The highest BCUT2D eigenvalue weighted by Gasteiger charge is 2.31. The van der Waals surface area contributed by atoms with Gasteiger partial charge in [-0.25, -0.2) is 9.59 Å². The van der Waals surface area contributed by atoms with Crippen LogP contribution in [0.1, 0.15) is 0 Å². The highest BCUT2D eigenvalue weighted by Crippen LogP contribution is 2.15. The summed E-state index contributed by atoms with van der Waals surface area (Å²) in [5, 5.41) is 0. The molecule has 0 radical (unpaired) electrons. The van der Waals surface area contributed by atoms with Crippen LogP contribution in [-0.4, -0.2) is 44.4 Å². The number of halogens is 3. The zero-order valence-corrected chi connectivity index (χ0v) is 7.78. The molecule has 1 aliphatic heterocycles. The van der Waals surface area contributed by atoms with Gasteiger partial charge in [-0.05, 0) is 0 Å². The summed E-state index contributed by atoms with van der Waals surface area (Å²) >= 11 is 0. The number of hydrogen-bond acceptors (Lipinski definition) is 6. The summed E-state index contributed by atoms with van der Waals surface area (Å²) in [6.07, 6.45) is -8.00. The first kappa shape index (κ1) is 12.4. The van der Waals surface area contributed by atoms with Crippen LogP contribution in [0.4, 0.5) is 22.8 Å². The van der Waals surface area contributed by atoms with Crippen molar-refractivity contribution in [1.82, 2.24) is 0 Å². The van der Waals surface area contributed by atoms with Crippen LogP contribution in [0.2, 0.25) is 0 Å². The number of hydrogen-bond donors (Lipinski definition) is 0. The fourth-order valence-electron chi connectivity index (χ4n) is 0.791. The van der Waals surface area contributed by atoms with E-state index in [0.29, 0.717) is 0 Å². The van der Waals surface area contributed by atoms with Crippen molar-refractivity contribution >= 4 is 12.3 Å². The maximum atomic E-state index is 11.6. The van der Waals surface area contributed by atoms with E-state index in [4.69, 9.17) is 0 Å². The molecule has 1 aliphatic rings. The van der Waals surface area contributed by atoms with Crippen LogP contribution in [0.25, 0.3) is 0 Å². The summed E-state index contributed by atoms with van der Waals surface area (Å²) in [6, 6.07) is 0. The van der Waals surface area contributed by atoms with Crippen LogP contribution in [0.5, 0.6) is 0 Å². The number of alkyl halides is 3. The number of carbonyl (C=O) groups is 2. The monoisotopic (exact) mass is 244 g/mol. The maximum Gasteiger partial charge on any atom is 0.509 e. The van der Waals surface area contributed by atoms with Crippen molar-refractivity contribution in [3.63, 3.8) is 0 Å². The van der Waals surface area contributed by atoms with E-state index in [2.05, 4.69) is 18.9 Å². The molecule has 6 nitrogen and oxygen atoms in total. The minimum Gasteiger partial charge on any atom is -0.430 e. The lowest BCUT2D eigenvalue weighted by atomic mass is 10.4. The van der Waals surface area contributed by atoms with Gasteiger partial charge < -0.3 is 18.9 Å². The van der Waals surface area contributed by atoms with E-state index in [-0.39, 0.29) is 13.2 Å². The molecule has 1 fully saturated rings. The Morgan fingerprint density at radius 2 is 1.94 bits per heavy atom. The van der Waals surface area contributed by atoms with Crippen molar-refractivity contribution < 1.29 is 41.7 Å². The molecule has 0 N–H and O–H groups in total. The summed E-state index contributed by atoms with van der Waals surface area (Å²) in [7, 11) is 0. The van der Waals surface area contributed by atoms with Crippen LogP contribution >= 0.6 is 0 Å². The molecule has 1 rings (SSSR count). The van der Waals surface area contributed by atoms with E-state index < -0.39 is 31.2 Å². The van der Waals surface area contributed by atoms with Gasteiger partial charge in [-0.1, -0.05) is 0 Å². The third-order valence-electron chi connectivity index (χ3n) is 1.39. The average Bonchev–Trinajstić information content (AvgIpc) is 2.18. The van der Waals surface area contributed by atoms with Gasteiger partial charge in [0.2, 0.25) is 0 Å². The molecule has 0 unspecified atom stereocenters. The quantitative estimate of drug-likeness (QED) is 0.680. The molecule has 1 saturated heterocycles. The summed E-state index contributed by atoms with van der Waals surface area (Å²) in [5.41, 5.74) is 0. The van der Waals surface area contributed by atoms with Crippen molar-refractivity contribution in [3.05, 3.63) is 0 Å². The van der Waals surface area contributed by atoms with Crippen molar-refractivity contribution in [2.75, 3.05) is 19.8 Å². The molecular formula is C7H7F3O6. The molecule has 1 heterocycles. The van der Waals surface area contributed by atoms with Gasteiger partial charge in [-0.15, -0.1) is 0 Å². The first-order chi connectivity index (χ1) is 7.37. The molecule has 16 heavy (non-hydrogen) atoms. The average molecular weight is 244 g/mol. The Balaban J connectivity index is 2.22. The summed E-state index contributed by atoms with van der Waals surface area (Å²) in [4.78, 5) is 21.1. The Labute approximate surface area is 87.2 Å². The van der Waals surface area contributed by atoms with Gasteiger partial charge in [0.1, 0.15) is 13.2 Å². The number of cyclic esters (lactones) is 2. The zero-order chi connectivity index (χ0) is 12.2. The topological polar surface area (TPSA) is 71.1 Å². The molecule has 0 aromatic rings. The molecule has 9 heteroatoms. The molecule has 0 saturated carbocycles. The fourth-order valence-corrected chi connectivity index (χ4v) is 0.791. The molecule has 0 spiro atoms. The second kappa shape index (κ2) is 4.90. The third-order valence-corrected chi connectivity index (χ3v) is 1.39. The van der Waals surface area contributed by atoms with Crippen molar-refractivity contribution in [3.8, 4) is 0 Å². The second-order valence-electron chi connectivity index (χ2n) is 2.77. The summed E-state index contributed by atoms with van der Waals surface area (Å²) in [5.74, 6) is 0. The lowest BCUT2D eigenvalue weighted by Crippen LogP contribution is -2.36. The maximum absolute atomic E-state index is 11.6. The lowest BCUT2D eigenvalue weighted by molar-refractivity contribution is -0.169. The Morgan fingerprint density at radius 3 is 2.44 bits per heavy atom. The predicted molar refractivity (Wildman–Crippen MR) is 39.6 cm³/mol. The van der Waals surface area contributed by atoms with E-state index >= 15 is 0 Å². The van der Waals surface area contributed by atoms with E-state index in [1.165, 1.54) is 0 Å². The molecule has 0 atom stereocenters. The molecule has 0 aromatic carbocycles. The number of carbonyl (C=O) groups excluding carboxylic acids is 2. The third kappa shape index (κ3) is 4.71. The first-order valence-electron chi connectivity index (χ1n) is 4.06. The smallest absolute Gasteiger partial charge is 0.430 e. The fraction of sp³-hybridized carbons (Fsp3) is 0.714. The summed E-state index contributed by atoms with van der Waals surface area (Å²) in [6.45, 7) is -2.29. The highest BCUT2D eigenvalue weighted by atomic mass is 19.4. The SMILES string of the molecule is O=C1OCC(OC(=O)OCC(F)(F)F)CO1. The zero-order valence-electron chi connectivity index (χ0n) is 7.78. The largest absolute Gasteiger partial charge is 0.509 e. The van der Waals surface area contributed by atoms with Crippen LogP contribution in [0.3, 0.4) is 0 Å². The normalized spacial score (nSPS) is 17.3. The van der Waals surface area contributed by atoms with E-state index in [0.717, 1.165) is 0 Å². The predicted octanol–water partition coefficient (Wildman–Crippen LogP) is 1.24. The van der Waals surface area contributed by atoms with Crippen LogP contribution < -0.4 is 0 Å². The van der Waals surface area contributed by atoms with Gasteiger partial charge >= 0.3 is 18.5 Å². The van der Waals surface area contributed by atoms with E-state index in [1.54, 1.807) is 0 Å². The molecule has 0 aliphatic carbocycles. The van der Waals surface area contributed by atoms with Crippen molar-refractivity contribution in [2.24, 2.45) is 0 Å². The number of ether oxygens (including phenoxy) is 4. The standard InChI is InChI=1S/C7H7F3O6/c8-7(9,10)3-15-6(12)16-4-1-13-5(11)14-2-4/h4H,1-3H2. The van der Waals surface area contributed by atoms with Crippen LogP contribution in [0, 0.1) is 0 Å². The summed E-state index contributed by atoms with van der Waals surface area (Å²) < 4.78 is 51.6.